The number of hydrogen-bond donors (Lipinski definition) is 0. The van der Waals surface area contributed by atoms with Crippen LogP contribution in [0.15, 0.2) is 45.3 Å². The Morgan fingerprint density at radius 2 is 1.92 bits per heavy atom. The number of rotatable bonds is 9. The fraction of sp³-hybridized carbons (Fsp3) is 0.393. The first-order valence-electron chi connectivity index (χ1n) is 12.3. The molecule has 2 aromatic heterocycles. The lowest BCUT2D eigenvalue weighted by Crippen LogP contribution is -2.40. The molecule has 0 N–H and O–H groups in total. The number of thiazole rings is 1. The first-order chi connectivity index (χ1) is 18.3. The van der Waals surface area contributed by atoms with Gasteiger partial charge in [0, 0.05) is 30.6 Å². The van der Waals surface area contributed by atoms with Crippen LogP contribution < -0.4 is 24.4 Å². The number of hydrogen-bond acceptors (Lipinski definition) is 8. The minimum absolute atomic E-state index is 0.195. The van der Waals surface area contributed by atoms with Crippen molar-refractivity contribution in [2.75, 3.05) is 34.5 Å². The number of methoxy groups -OCH3 is 3. The van der Waals surface area contributed by atoms with E-state index in [2.05, 4.69) is 15.6 Å². The van der Waals surface area contributed by atoms with Crippen LogP contribution in [0.25, 0.3) is 6.08 Å². The zero-order valence-electron chi connectivity index (χ0n) is 22.8. The van der Waals surface area contributed by atoms with Gasteiger partial charge >= 0.3 is 5.97 Å². The third kappa shape index (κ3) is 4.81. The molecular weight excluding hydrogens is 506 g/mol. The molecule has 1 aliphatic rings. The molecule has 3 heterocycles. The van der Waals surface area contributed by atoms with E-state index in [9.17, 15) is 9.59 Å². The molecule has 0 saturated heterocycles. The summed E-state index contributed by atoms with van der Waals surface area (Å²) < 4.78 is 26.1. The van der Waals surface area contributed by atoms with Crippen molar-refractivity contribution in [2.45, 2.75) is 40.3 Å². The van der Waals surface area contributed by atoms with E-state index in [1.165, 1.54) is 18.4 Å². The number of allylic oxidation sites excluding steroid dienone is 1. The number of para-hydroxylation sites is 1. The van der Waals surface area contributed by atoms with Gasteiger partial charge < -0.3 is 23.5 Å². The minimum Gasteiger partial charge on any atom is -0.493 e. The van der Waals surface area contributed by atoms with Gasteiger partial charge in [0.25, 0.3) is 5.56 Å². The van der Waals surface area contributed by atoms with E-state index in [-0.39, 0.29) is 17.7 Å². The van der Waals surface area contributed by atoms with Crippen LogP contribution in [0.3, 0.4) is 0 Å². The quantitative estimate of drug-likeness (QED) is 0.388. The van der Waals surface area contributed by atoms with Crippen molar-refractivity contribution in [3.05, 3.63) is 77.7 Å². The van der Waals surface area contributed by atoms with Crippen LogP contribution in [0.2, 0.25) is 0 Å². The lowest BCUT2D eigenvalue weighted by atomic mass is 9.94. The normalized spacial score (nSPS) is 15.3. The highest BCUT2D eigenvalue weighted by Gasteiger charge is 2.35. The predicted molar refractivity (Wildman–Crippen MR) is 146 cm³/mol. The summed E-state index contributed by atoms with van der Waals surface area (Å²) >= 11 is 1.29. The molecule has 3 aromatic rings. The van der Waals surface area contributed by atoms with E-state index >= 15 is 0 Å². The van der Waals surface area contributed by atoms with Crippen molar-refractivity contribution in [1.29, 1.82) is 0 Å². The first kappa shape index (κ1) is 27.4. The van der Waals surface area contributed by atoms with Crippen molar-refractivity contribution in [3.8, 4) is 11.5 Å². The predicted octanol–water partition coefficient (Wildman–Crippen LogP) is 2.88. The van der Waals surface area contributed by atoms with E-state index in [1.807, 2.05) is 26.0 Å². The zero-order chi connectivity index (χ0) is 27.6. The molecule has 202 valence electrons. The molecule has 0 amide bonds. The topological polar surface area (TPSA) is 93.3 Å². The van der Waals surface area contributed by atoms with Gasteiger partial charge in [-0.25, -0.2) is 9.79 Å². The molecule has 1 atom stereocenters. The number of aromatic nitrogens is 2. The number of carbonyl (C=O) groups is 1. The summed E-state index contributed by atoms with van der Waals surface area (Å²) in [5.74, 6) is 0.404. The molecule has 1 aromatic carbocycles. The highest BCUT2D eigenvalue weighted by atomic mass is 32.1. The van der Waals surface area contributed by atoms with Crippen LogP contribution in [-0.4, -0.2) is 49.6 Å². The molecule has 38 heavy (non-hydrogen) atoms. The number of nitrogens with zero attached hydrogens (tertiary/aromatic N) is 3. The van der Waals surface area contributed by atoms with Gasteiger partial charge in [0.1, 0.15) is 6.04 Å². The van der Waals surface area contributed by atoms with Crippen molar-refractivity contribution in [1.82, 2.24) is 9.13 Å². The molecule has 0 radical (unpaired) electrons. The van der Waals surface area contributed by atoms with Gasteiger partial charge in [-0.05, 0) is 51.5 Å². The SMILES string of the molecule is CCOC(=O)C1=C(C)N=c2sc(=Cc3cc(C)n(CCOC)c3C)c(=O)n2C1c1cccc(OC)c1OC. The van der Waals surface area contributed by atoms with Crippen molar-refractivity contribution in [3.63, 3.8) is 0 Å². The Balaban J connectivity index is 1.97. The fourth-order valence-corrected chi connectivity index (χ4v) is 5.89. The van der Waals surface area contributed by atoms with Crippen molar-refractivity contribution < 1.29 is 23.7 Å². The molecule has 0 fully saturated rings. The third-order valence-electron chi connectivity index (χ3n) is 6.66. The highest BCUT2D eigenvalue weighted by molar-refractivity contribution is 7.07. The number of carbonyl (C=O) groups excluding carboxylic acids is 1. The summed E-state index contributed by atoms with van der Waals surface area (Å²) in [4.78, 5) is 32.3. The summed E-state index contributed by atoms with van der Waals surface area (Å²) in [5.41, 5.74) is 4.20. The second kappa shape index (κ2) is 11.4. The molecule has 0 aliphatic carbocycles. The van der Waals surface area contributed by atoms with Gasteiger partial charge in [-0.2, -0.15) is 0 Å². The number of fused-ring (bicyclic) bond motifs is 1. The maximum absolute atomic E-state index is 14.0. The maximum Gasteiger partial charge on any atom is 0.338 e. The highest BCUT2D eigenvalue weighted by Crippen LogP contribution is 2.40. The van der Waals surface area contributed by atoms with Crippen LogP contribution in [0, 0.1) is 13.8 Å². The van der Waals surface area contributed by atoms with E-state index < -0.39 is 12.0 Å². The summed E-state index contributed by atoms with van der Waals surface area (Å²) in [7, 11) is 4.75. The Bertz CT molecular complexity index is 1580. The summed E-state index contributed by atoms with van der Waals surface area (Å²) in [5, 5.41) is 0. The van der Waals surface area contributed by atoms with Gasteiger partial charge in [-0.1, -0.05) is 23.5 Å². The Hall–Kier alpha value is -3.63. The lowest BCUT2D eigenvalue weighted by Gasteiger charge is -2.26. The molecule has 1 unspecified atom stereocenters. The second-order valence-electron chi connectivity index (χ2n) is 8.86. The van der Waals surface area contributed by atoms with Crippen LogP contribution in [0.5, 0.6) is 11.5 Å². The molecule has 0 spiro atoms. The molecular formula is C28H33N3O6S. The molecule has 9 nitrogen and oxygen atoms in total. The largest absolute Gasteiger partial charge is 0.493 e. The molecule has 0 saturated carbocycles. The van der Waals surface area contributed by atoms with Gasteiger partial charge in [0.2, 0.25) is 0 Å². The Morgan fingerprint density at radius 3 is 2.58 bits per heavy atom. The van der Waals surface area contributed by atoms with Gasteiger partial charge in [0.05, 0.1) is 43.2 Å². The van der Waals surface area contributed by atoms with Crippen LogP contribution in [0.4, 0.5) is 0 Å². The monoisotopic (exact) mass is 539 g/mol. The Morgan fingerprint density at radius 1 is 1.16 bits per heavy atom. The van der Waals surface area contributed by atoms with Crippen LogP contribution >= 0.6 is 11.3 Å². The lowest BCUT2D eigenvalue weighted by molar-refractivity contribution is -0.139. The van der Waals surface area contributed by atoms with E-state index in [0.29, 0.717) is 38.7 Å². The van der Waals surface area contributed by atoms with Crippen molar-refractivity contribution in [2.24, 2.45) is 4.99 Å². The summed E-state index contributed by atoms with van der Waals surface area (Å²) in [6, 6.07) is 6.66. The average Bonchev–Trinajstić information content (AvgIpc) is 3.35. The van der Waals surface area contributed by atoms with Gasteiger partial charge in [0.15, 0.2) is 16.3 Å². The van der Waals surface area contributed by atoms with E-state index in [4.69, 9.17) is 18.9 Å². The third-order valence-corrected chi connectivity index (χ3v) is 7.65. The Labute approximate surface area is 225 Å². The zero-order valence-corrected chi connectivity index (χ0v) is 23.6. The number of aryl methyl sites for hydroxylation is 1. The minimum atomic E-state index is -0.799. The summed E-state index contributed by atoms with van der Waals surface area (Å²) in [6.45, 7) is 9.07. The molecule has 1 aliphatic heterocycles. The van der Waals surface area contributed by atoms with E-state index in [1.54, 1.807) is 44.8 Å². The first-order valence-corrected chi connectivity index (χ1v) is 13.1. The van der Waals surface area contributed by atoms with Gasteiger partial charge in [-0.15, -0.1) is 0 Å². The number of esters is 1. The number of benzene rings is 1. The smallest absolute Gasteiger partial charge is 0.338 e. The molecule has 10 heteroatoms. The van der Waals surface area contributed by atoms with Crippen LogP contribution in [-0.2, 0) is 20.8 Å². The van der Waals surface area contributed by atoms with Crippen LogP contribution in [0.1, 0.15) is 42.4 Å². The number of ether oxygens (including phenoxy) is 4. The standard InChI is InChI=1S/C28H33N3O6S/c1-8-37-27(33)23-17(3)29-28-31(24(23)20-10-9-11-21(35-6)25(20)36-7)26(32)22(38-28)15-19-14-16(2)30(18(19)4)12-13-34-5/h9-11,14-15,24H,8,12-13H2,1-7H3. The average molecular weight is 540 g/mol. The molecule has 4 rings (SSSR count). The summed E-state index contributed by atoms with van der Waals surface area (Å²) in [6.07, 6.45) is 1.89. The van der Waals surface area contributed by atoms with Gasteiger partial charge in [-0.3, -0.25) is 9.36 Å². The fourth-order valence-electron chi connectivity index (χ4n) is 4.85. The Kier molecular flexibility index (Phi) is 8.23. The molecule has 0 bridgehead atoms. The second-order valence-corrected chi connectivity index (χ2v) is 9.87. The maximum atomic E-state index is 14.0. The van der Waals surface area contributed by atoms with E-state index in [0.717, 1.165) is 23.5 Å². The van der Waals surface area contributed by atoms with Crippen molar-refractivity contribution >= 4 is 23.4 Å².